The Kier molecular flexibility index (Phi) is 8.32. The molecule has 0 aliphatic carbocycles. The van der Waals surface area contributed by atoms with E-state index >= 15 is 0 Å². The fourth-order valence-electron chi connectivity index (χ4n) is 10.9. The number of benzene rings is 13. The van der Waals surface area contributed by atoms with E-state index in [-0.39, 0.29) is 0 Å². The van der Waals surface area contributed by atoms with Crippen LogP contribution in [0.3, 0.4) is 0 Å². The average molecular weight is 809 g/mol. The molecule has 296 valence electrons. The highest BCUT2D eigenvalue weighted by molar-refractivity contribution is 6.26. The minimum atomic E-state index is 1.19. The molecule has 0 heterocycles. The Hall–Kier alpha value is -8.32. The predicted octanol–water partition coefficient (Wildman–Crippen LogP) is 18.1. The molecule has 13 aromatic carbocycles. The molecule has 0 radical (unpaired) electrons. The van der Waals surface area contributed by atoms with Gasteiger partial charge in [0.1, 0.15) is 0 Å². The van der Waals surface area contributed by atoms with E-state index in [2.05, 4.69) is 243 Å². The first-order valence-corrected chi connectivity index (χ1v) is 22.3. The molecule has 0 aliphatic rings. The summed E-state index contributed by atoms with van der Waals surface area (Å²) in [6.45, 7) is 0. The number of hydrogen-bond donors (Lipinski definition) is 0. The average Bonchev–Trinajstić information content (AvgIpc) is 3.36. The van der Waals surface area contributed by atoms with E-state index in [1.807, 2.05) is 0 Å². The SMILES string of the molecule is c1cc(-c2ccc3ccccc3c2-c2c3ccccc3c(-c3ccc4ccccc4c3)c3ccccc23)cc(-c2c3ccccc3c(-c3cccc4ccccc34)c3ccccc23)c1. The molecule has 0 aliphatic heterocycles. The van der Waals surface area contributed by atoms with Crippen LogP contribution in [0.1, 0.15) is 0 Å². The van der Waals surface area contributed by atoms with Gasteiger partial charge in [-0.15, -0.1) is 0 Å². The van der Waals surface area contributed by atoms with Gasteiger partial charge in [-0.25, -0.2) is 0 Å². The molecule has 0 saturated heterocycles. The van der Waals surface area contributed by atoms with E-state index < -0.39 is 0 Å². The Bertz CT molecular complexity index is 3900. The lowest BCUT2D eigenvalue weighted by Gasteiger charge is -2.22. The smallest absolute Gasteiger partial charge is 0.00139 e. The molecule has 0 unspecified atom stereocenters. The van der Waals surface area contributed by atoms with Crippen LogP contribution in [0.4, 0.5) is 0 Å². The van der Waals surface area contributed by atoms with E-state index in [0.717, 1.165) is 0 Å². The van der Waals surface area contributed by atoms with Crippen LogP contribution in [0.5, 0.6) is 0 Å². The Morgan fingerprint density at radius 2 is 0.547 bits per heavy atom. The molecule has 0 nitrogen and oxygen atoms in total. The van der Waals surface area contributed by atoms with E-state index in [1.54, 1.807) is 0 Å². The zero-order valence-corrected chi connectivity index (χ0v) is 35.1. The van der Waals surface area contributed by atoms with Gasteiger partial charge in [-0.05, 0) is 143 Å². The van der Waals surface area contributed by atoms with Gasteiger partial charge in [-0.2, -0.15) is 0 Å². The third-order valence-corrected chi connectivity index (χ3v) is 13.6. The van der Waals surface area contributed by atoms with Crippen molar-refractivity contribution >= 4 is 75.4 Å². The molecule has 0 bridgehead atoms. The second-order valence-electron chi connectivity index (χ2n) is 17.1. The zero-order valence-electron chi connectivity index (χ0n) is 35.1. The third-order valence-electron chi connectivity index (χ3n) is 13.6. The monoisotopic (exact) mass is 808 g/mol. The second-order valence-corrected chi connectivity index (χ2v) is 17.1. The van der Waals surface area contributed by atoms with Crippen LogP contribution < -0.4 is 0 Å². The largest absolute Gasteiger partial charge is 0.0616 e. The van der Waals surface area contributed by atoms with Gasteiger partial charge < -0.3 is 0 Å². The first kappa shape index (κ1) is 36.3. The lowest BCUT2D eigenvalue weighted by molar-refractivity contribution is 1.62. The van der Waals surface area contributed by atoms with Crippen molar-refractivity contribution in [2.24, 2.45) is 0 Å². The van der Waals surface area contributed by atoms with Crippen LogP contribution in [0, 0.1) is 0 Å². The zero-order chi connectivity index (χ0) is 42.1. The molecule has 0 spiro atoms. The molecule has 13 rings (SSSR count). The molecule has 64 heavy (non-hydrogen) atoms. The summed E-state index contributed by atoms with van der Waals surface area (Å²) in [6.07, 6.45) is 0. The van der Waals surface area contributed by atoms with Crippen LogP contribution in [0.2, 0.25) is 0 Å². The normalized spacial score (nSPS) is 11.8. The summed E-state index contributed by atoms with van der Waals surface area (Å²) < 4.78 is 0. The number of fused-ring (bicyclic) bond motifs is 7. The van der Waals surface area contributed by atoms with Crippen molar-refractivity contribution in [2.75, 3.05) is 0 Å². The van der Waals surface area contributed by atoms with Crippen LogP contribution in [0.15, 0.2) is 243 Å². The lowest BCUT2D eigenvalue weighted by atomic mass is 9.81. The quantitative estimate of drug-likeness (QED) is 0.152. The summed E-state index contributed by atoms with van der Waals surface area (Å²) in [5.74, 6) is 0. The van der Waals surface area contributed by atoms with E-state index in [9.17, 15) is 0 Å². The van der Waals surface area contributed by atoms with Gasteiger partial charge in [-0.3, -0.25) is 0 Å². The van der Waals surface area contributed by atoms with Gasteiger partial charge in [0.05, 0.1) is 0 Å². The van der Waals surface area contributed by atoms with Gasteiger partial charge in [0.2, 0.25) is 0 Å². The standard InChI is InChI=1S/C64H40/c1-2-20-44-39-47(36-35-41(44)17-1)61-54-28-9-13-32-58(54)64(59-33-14-10-29-55(59)61)63-49-25-6-4-19-43(49)37-38-50(63)45-22-15-23-46(40-45)60-52-26-7-11-30-56(52)62(57-31-12-8-27-53(57)60)51-34-16-21-42-18-3-5-24-48(42)51/h1-40H. The summed E-state index contributed by atoms with van der Waals surface area (Å²) in [7, 11) is 0. The Labute approximate surface area is 371 Å². The molecular weight excluding hydrogens is 769 g/mol. The fourth-order valence-corrected chi connectivity index (χ4v) is 10.9. The third kappa shape index (κ3) is 5.63. The molecule has 13 aromatic rings. The minimum Gasteiger partial charge on any atom is -0.0616 e. The van der Waals surface area contributed by atoms with Crippen molar-refractivity contribution in [3.05, 3.63) is 243 Å². The molecular formula is C64H40. The van der Waals surface area contributed by atoms with Crippen LogP contribution >= 0.6 is 0 Å². The summed E-state index contributed by atoms with van der Waals surface area (Å²) in [5, 5.41) is 17.5. The van der Waals surface area contributed by atoms with Crippen molar-refractivity contribution in [1.29, 1.82) is 0 Å². The van der Waals surface area contributed by atoms with Gasteiger partial charge in [0.25, 0.3) is 0 Å². The molecule has 0 amide bonds. The lowest BCUT2D eigenvalue weighted by Crippen LogP contribution is -1.95. The Balaban J connectivity index is 1.08. The highest BCUT2D eigenvalue weighted by Gasteiger charge is 2.23. The van der Waals surface area contributed by atoms with Crippen molar-refractivity contribution < 1.29 is 0 Å². The van der Waals surface area contributed by atoms with Gasteiger partial charge >= 0.3 is 0 Å². The molecule has 0 N–H and O–H groups in total. The highest BCUT2D eigenvalue weighted by Crippen LogP contribution is 2.50. The second kappa shape index (κ2) is 14.7. The Morgan fingerprint density at radius 1 is 0.156 bits per heavy atom. The maximum Gasteiger partial charge on any atom is -0.00139 e. The molecule has 0 atom stereocenters. The number of rotatable bonds is 5. The maximum atomic E-state index is 2.44. The van der Waals surface area contributed by atoms with Gasteiger partial charge in [-0.1, -0.05) is 231 Å². The van der Waals surface area contributed by atoms with Gasteiger partial charge in [0, 0.05) is 0 Å². The first-order chi connectivity index (χ1) is 31.8. The van der Waals surface area contributed by atoms with Crippen LogP contribution in [-0.4, -0.2) is 0 Å². The Morgan fingerprint density at radius 3 is 1.14 bits per heavy atom. The van der Waals surface area contributed by atoms with E-state index in [0.29, 0.717) is 0 Å². The molecule has 0 fully saturated rings. The summed E-state index contributed by atoms with van der Waals surface area (Å²) in [4.78, 5) is 0. The van der Waals surface area contributed by atoms with E-state index in [1.165, 1.54) is 131 Å². The molecule has 0 saturated carbocycles. The van der Waals surface area contributed by atoms with Crippen LogP contribution in [-0.2, 0) is 0 Å². The van der Waals surface area contributed by atoms with Crippen LogP contribution in [0.25, 0.3) is 131 Å². The summed E-state index contributed by atoms with van der Waals surface area (Å²) in [5.41, 5.74) is 12.4. The van der Waals surface area contributed by atoms with Crippen molar-refractivity contribution in [3.8, 4) is 55.6 Å². The number of hydrogen-bond acceptors (Lipinski definition) is 0. The highest BCUT2D eigenvalue weighted by atomic mass is 14.3. The molecule has 0 heteroatoms. The summed E-state index contributed by atoms with van der Waals surface area (Å²) >= 11 is 0. The van der Waals surface area contributed by atoms with E-state index in [4.69, 9.17) is 0 Å². The minimum absolute atomic E-state index is 1.19. The van der Waals surface area contributed by atoms with Crippen molar-refractivity contribution in [3.63, 3.8) is 0 Å². The fraction of sp³-hybridized carbons (Fsp3) is 0. The first-order valence-electron chi connectivity index (χ1n) is 22.3. The van der Waals surface area contributed by atoms with Crippen molar-refractivity contribution in [1.82, 2.24) is 0 Å². The maximum absolute atomic E-state index is 2.44. The predicted molar refractivity (Wildman–Crippen MR) is 276 cm³/mol. The molecule has 0 aromatic heterocycles. The topological polar surface area (TPSA) is 0 Å². The summed E-state index contributed by atoms with van der Waals surface area (Å²) in [6, 6.07) is 90.0. The van der Waals surface area contributed by atoms with Crippen molar-refractivity contribution in [2.45, 2.75) is 0 Å². The van der Waals surface area contributed by atoms with Gasteiger partial charge in [0.15, 0.2) is 0 Å².